The zero-order valence-electron chi connectivity index (χ0n) is 11.4. The Balaban J connectivity index is 2.08. The van der Waals surface area contributed by atoms with Gasteiger partial charge in [-0.15, -0.1) is 10.2 Å². The van der Waals surface area contributed by atoms with E-state index >= 15 is 0 Å². The van der Waals surface area contributed by atoms with E-state index in [1.807, 2.05) is 13.8 Å². The van der Waals surface area contributed by atoms with Crippen LogP contribution < -0.4 is 5.32 Å². The Kier molecular flexibility index (Phi) is 4.75. The number of hydrogen-bond acceptors (Lipinski definition) is 3. The van der Waals surface area contributed by atoms with Crippen LogP contribution in [0, 0.1) is 0 Å². The molecule has 0 radical (unpaired) electrons. The van der Waals surface area contributed by atoms with Gasteiger partial charge in [-0.2, -0.15) is 0 Å². The molecule has 1 aromatic rings. The highest BCUT2D eigenvalue weighted by atomic mass is 35.5. The van der Waals surface area contributed by atoms with E-state index < -0.39 is 0 Å². The van der Waals surface area contributed by atoms with Crippen LogP contribution in [0.3, 0.4) is 0 Å². The van der Waals surface area contributed by atoms with Gasteiger partial charge in [-0.1, -0.05) is 44.7 Å². The van der Waals surface area contributed by atoms with E-state index in [0.29, 0.717) is 10.8 Å². The van der Waals surface area contributed by atoms with Gasteiger partial charge in [0.05, 0.1) is 0 Å². The van der Waals surface area contributed by atoms with E-state index in [0.717, 1.165) is 18.4 Å². The fourth-order valence-corrected chi connectivity index (χ4v) is 2.72. The molecule has 0 unspecified atom stereocenters. The number of carbonyl (C=O) groups excluding carboxylic acids is 1. The van der Waals surface area contributed by atoms with E-state index in [1.165, 1.54) is 19.3 Å². The van der Waals surface area contributed by atoms with Crippen molar-refractivity contribution in [3.8, 4) is 0 Å². The van der Waals surface area contributed by atoms with Crippen LogP contribution in [0.1, 0.15) is 67.9 Å². The second-order valence-corrected chi connectivity index (χ2v) is 5.80. The van der Waals surface area contributed by atoms with Crippen molar-refractivity contribution in [3.63, 3.8) is 0 Å². The van der Waals surface area contributed by atoms with Crippen LogP contribution in [0.4, 0.5) is 0 Å². The van der Waals surface area contributed by atoms with Crippen molar-refractivity contribution in [2.75, 3.05) is 0 Å². The fourth-order valence-electron chi connectivity index (χ4n) is 2.41. The van der Waals surface area contributed by atoms with Gasteiger partial charge in [-0.05, 0) is 30.4 Å². The molecular weight excluding hydrogens is 262 g/mol. The first kappa shape index (κ1) is 14.3. The smallest absolute Gasteiger partial charge is 0.272 e. The summed E-state index contributed by atoms with van der Waals surface area (Å²) in [6.45, 7) is 4.04. The van der Waals surface area contributed by atoms with E-state index in [1.54, 1.807) is 6.07 Å². The van der Waals surface area contributed by atoms with Crippen molar-refractivity contribution < 1.29 is 4.79 Å². The molecule has 2 rings (SSSR count). The normalized spacial score (nSPS) is 16.6. The molecular formula is C14H20ClN3O. The summed E-state index contributed by atoms with van der Waals surface area (Å²) in [7, 11) is 0. The Bertz CT molecular complexity index is 456. The molecule has 5 heteroatoms. The lowest BCUT2D eigenvalue weighted by atomic mass is 9.95. The van der Waals surface area contributed by atoms with E-state index in [9.17, 15) is 4.79 Å². The monoisotopic (exact) mass is 281 g/mol. The minimum Gasteiger partial charge on any atom is -0.348 e. The van der Waals surface area contributed by atoms with Gasteiger partial charge in [-0.3, -0.25) is 4.79 Å². The zero-order valence-corrected chi connectivity index (χ0v) is 12.2. The van der Waals surface area contributed by atoms with Crippen LogP contribution in [-0.4, -0.2) is 22.1 Å². The quantitative estimate of drug-likeness (QED) is 0.925. The van der Waals surface area contributed by atoms with Crippen LogP contribution in [0.5, 0.6) is 0 Å². The Hall–Kier alpha value is -1.16. The lowest BCUT2D eigenvalue weighted by molar-refractivity contribution is 0.0921. The molecule has 1 N–H and O–H groups in total. The lowest BCUT2D eigenvalue weighted by Crippen LogP contribution is -2.36. The number of aromatic nitrogens is 2. The molecule has 4 nitrogen and oxygen atoms in total. The van der Waals surface area contributed by atoms with Crippen LogP contribution in [0.15, 0.2) is 6.07 Å². The SMILES string of the molecule is CC(C)c1cc(C(=O)NC2CCCCC2)nnc1Cl. The van der Waals surface area contributed by atoms with Crippen LogP contribution >= 0.6 is 11.6 Å². The predicted octanol–water partition coefficient (Wildman–Crippen LogP) is 3.32. The van der Waals surface area contributed by atoms with Crippen molar-refractivity contribution in [3.05, 3.63) is 22.5 Å². The first-order chi connectivity index (χ1) is 9.08. The van der Waals surface area contributed by atoms with Crippen molar-refractivity contribution in [1.29, 1.82) is 0 Å². The van der Waals surface area contributed by atoms with Gasteiger partial charge in [0.1, 0.15) is 0 Å². The second-order valence-electron chi connectivity index (χ2n) is 5.44. The number of rotatable bonds is 3. The number of amides is 1. The predicted molar refractivity (Wildman–Crippen MR) is 75.5 cm³/mol. The molecule has 1 aliphatic rings. The summed E-state index contributed by atoms with van der Waals surface area (Å²) in [5.74, 6) is 0.0854. The summed E-state index contributed by atoms with van der Waals surface area (Å²) in [5.41, 5.74) is 1.23. The van der Waals surface area contributed by atoms with Crippen molar-refractivity contribution >= 4 is 17.5 Å². The number of carbonyl (C=O) groups is 1. The maximum atomic E-state index is 12.1. The van der Waals surface area contributed by atoms with Crippen LogP contribution in [0.25, 0.3) is 0 Å². The molecule has 1 amide bonds. The first-order valence-corrected chi connectivity index (χ1v) is 7.29. The lowest BCUT2D eigenvalue weighted by Gasteiger charge is -2.22. The molecule has 0 atom stereocenters. The third-order valence-corrected chi connectivity index (χ3v) is 3.86. The molecule has 19 heavy (non-hydrogen) atoms. The van der Waals surface area contributed by atoms with Crippen LogP contribution in [-0.2, 0) is 0 Å². The Morgan fingerprint density at radius 3 is 2.63 bits per heavy atom. The highest BCUT2D eigenvalue weighted by Gasteiger charge is 2.19. The molecule has 1 aromatic heterocycles. The van der Waals surface area contributed by atoms with Gasteiger partial charge in [-0.25, -0.2) is 0 Å². The summed E-state index contributed by atoms with van der Waals surface area (Å²) in [6, 6.07) is 2.03. The average molecular weight is 282 g/mol. The number of halogens is 1. The summed E-state index contributed by atoms with van der Waals surface area (Å²) >= 11 is 5.98. The molecule has 0 aliphatic heterocycles. The van der Waals surface area contributed by atoms with E-state index in [4.69, 9.17) is 11.6 Å². The standard InChI is InChI=1S/C14H20ClN3O/c1-9(2)11-8-12(17-18-13(11)15)14(19)16-10-6-4-3-5-7-10/h8-10H,3-7H2,1-2H3,(H,16,19). The van der Waals surface area contributed by atoms with Crippen molar-refractivity contribution in [2.24, 2.45) is 0 Å². The zero-order chi connectivity index (χ0) is 13.8. The van der Waals surface area contributed by atoms with Gasteiger partial charge in [0.25, 0.3) is 5.91 Å². The van der Waals surface area contributed by atoms with E-state index in [2.05, 4.69) is 15.5 Å². The van der Waals surface area contributed by atoms with Gasteiger partial charge in [0.15, 0.2) is 10.8 Å². The minimum absolute atomic E-state index is 0.141. The van der Waals surface area contributed by atoms with Gasteiger partial charge < -0.3 is 5.32 Å². The topological polar surface area (TPSA) is 54.9 Å². The third-order valence-electron chi connectivity index (χ3n) is 3.57. The van der Waals surface area contributed by atoms with Gasteiger partial charge >= 0.3 is 0 Å². The Labute approximate surface area is 118 Å². The van der Waals surface area contributed by atoms with Gasteiger partial charge in [0, 0.05) is 6.04 Å². The largest absolute Gasteiger partial charge is 0.348 e. The molecule has 0 aromatic carbocycles. The minimum atomic E-state index is -0.141. The summed E-state index contributed by atoms with van der Waals surface area (Å²) in [5, 5.41) is 11.2. The number of nitrogens with one attached hydrogen (secondary N) is 1. The fraction of sp³-hybridized carbons (Fsp3) is 0.643. The maximum absolute atomic E-state index is 12.1. The van der Waals surface area contributed by atoms with Gasteiger partial charge in [0.2, 0.25) is 0 Å². The molecule has 104 valence electrons. The summed E-state index contributed by atoms with van der Waals surface area (Å²) in [4.78, 5) is 12.1. The molecule has 1 aliphatic carbocycles. The maximum Gasteiger partial charge on any atom is 0.272 e. The molecule has 1 heterocycles. The Morgan fingerprint density at radius 1 is 1.32 bits per heavy atom. The van der Waals surface area contributed by atoms with E-state index in [-0.39, 0.29) is 17.9 Å². The highest BCUT2D eigenvalue weighted by molar-refractivity contribution is 6.30. The highest BCUT2D eigenvalue weighted by Crippen LogP contribution is 2.22. The molecule has 0 spiro atoms. The molecule has 1 saturated carbocycles. The van der Waals surface area contributed by atoms with Crippen molar-refractivity contribution in [1.82, 2.24) is 15.5 Å². The first-order valence-electron chi connectivity index (χ1n) is 6.92. The number of hydrogen-bond donors (Lipinski definition) is 1. The second kappa shape index (κ2) is 6.33. The summed E-state index contributed by atoms with van der Waals surface area (Å²) in [6.07, 6.45) is 5.77. The van der Waals surface area contributed by atoms with Crippen LogP contribution in [0.2, 0.25) is 5.15 Å². The molecule has 0 bridgehead atoms. The average Bonchev–Trinajstić information content (AvgIpc) is 2.40. The number of nitrogens with zero attached hydrogens (tertiary/aromatic N) is 2. The molecule has 1 fully saturated rings. The molecule has 0 saturated heterocycles. The third kappa shape index (κ3) is 3.66. The Morgan fingerprint density at radius 2 is 2.00 bits per heavy atom. The van der Waals surface area contributed by atoms with Crippen molar-refractivity contribution in [2.45, 2.75) is 57.9 Å². The summed E-state index contributed by atoms with van der Waals surface area (Å²) < 4.78 is 0.